The van der Waals surface area contributed by atoms with E-state index in [-0.39, 0.29) is 18.9 Å². The van der Waals surface area contributed by atoms with Crippen LogP contribution in [0.25, 0.3) is 0 Å². The topological polar surface area (TPSA) is 52.6 Å². The van der Waals surface area contributed by atoms with E-state index < -0.39 is 0 Å². The summed E-state index contributed by atoms with van der Waals surface area (Å²) in [7, 11) is 0. The SMILES string of the molecule is O=C(CCO)NCCC1CCN(C2CCCC2)CC1. The highest BCUT2D eigenvalue weighted by Gasteiger charge is 2.26. The lowest BCUT2D eigenvalue weighted by Gasteiger charge is -2.36. The molecule has 4 heteroatoms. The average Bonchev–Trinajstić information content (AvgIpc) is 2.94. The van der Waals surface area contributed by atoms with E-state index in [1.807, 2.05) is 0 Å². The van der Waals surface area contributed by atoms with Crippen LogP contribution in [0.1, 0.15) is 51.4 Å². The summed E-state index contributed by atoms with van der Waals surface area (Å²) < 4.78 is 0. The van der Waals surface area contributed by atoms with Gasteiger partial charge < -0.3 is 15.3 Å². The van der Waals surface area contributed by atoms with Crippen molar-refractivity contribution in [3.63, 3.8) is 0 Å². The molecule has 0 spiro atoms. The summed E-state index contributed by atoms with van der Waals surface area (Å²) in [5.74, 6) is 0.748. The van der Waals surface area contributed by atoms with E-state index in [0.29, 0.717) is 0 Å². The monoisotopic (exact) mass is 268 g/mol. The molecule has 0 radical (unpaired) electrons. The Hall–Kier alpha value is -0.610. The van der Waals surface area contributed by atoms with Crippen LogP contribution in [0.5, 0.6) is 0 Å². The van der Waals surface area contributed by atoms with E-state index in [9.17, 15) is 4.79 Å². The molecule has 4 nitrogen and oxygen atoms in total. The summed E-state index contributed by atoms with van der Waals surface area (Å²) >= 11 is 0. The molecular formula is C15H28N2O2. The van der Waals surface area contributed by atoms with Crippen LogP contribution >= 0.6 is 0 Å². The molecule has 1 heterocycles. The van der Waals surface area contributed by atoms with E-state index in [1.165, 1.54) is 51.6 Å². The van der Waals surface area contributed by atoms with Gasteiger partial charge in [-0.25, -0.2) is 0 Å². The molecule has 2 N–H and O–H groups in total. The fourth-order valence-electron chi connectivity index (χ4n) is 3.48. The third-order valence-corrected chi connectivity index (χ3v) is 4.70. The zero-order valence-electron chi connectivity index (χ0n) is 11.9. The van der Waals surface area contributed by atoms with E-state index in [2.05, 4.69) is 10.2 Å². The zero-order valence-corrected chi connectivity index (χ0v) is 11.9. The molecule has 1 aliphatic heterocycles. The van der Waals surface area contributed by atoms with Crippen molar-refractivity contribution in [1.29, 1.82) is 0 Å². The van der Waals surface area contributed by atoms with E-state index in [0.717, 1.165) is 24.9 Å². The van der Waals surface area contributed by atoms with Crippen LogP contribution in [-0.2, 0) is 4.79 Å². The lowest BCUT2D eigenvalue weighted by atomic mass is 9.92. The van der Waals surface area contributed by atoms with Gasteiger partial charge in [-0.15, -0.1) is 0 Å². The normalized spacial score (nSPS) is 22.8. The van der Waals surface area contributed by atoms with Crippen LogP contribution in [-0.4, -0.2) is 48.2 Å². The maximum Gasteiger partial charge on any atom is 0.222 e. The van der Waals surface area contributed by atoms with Crippen molar-refractivity contribution in [2.24, 2.45) is 5.92 Å². The highest BCUT2D eigenvalue weighted by Crippen LogP contribution is 2.28. The van der Waals surface area contributed by atoms with Crippen molar-refractivity contribution < 1.29 is 9.90 Å². The number of rotatable bonds is 6. The smallest absolute Gasteiger partial charge is 0.222 e. The zero-order chi connectivity index (χ0) is 13.5. The number of hydrogen-bond donors (Lipinski definition) is 2. The predicted molar refractivity (Wildman–Crippen MR) is 75.9 cm³/mol. The molecular weight excluding hydrogens is 240 g/mol. The Morgan fingerprint density at radius 2 is 1.84 bits per heavy atom. The van der Waals surface area contributed by atoms with Crippen molar-refractivity contribution in [1.82, 2.24) is 10.2 Å². The molecule has 2 fully saturated rings. The molecule has 0 atom stereocenters. The molecule has 1 saturated carbocycles. The van der Waals surface area contributed by atoms with Crippen molar-refractivity contribution in [2.75, 3.05) is 26.2 Å². The fraction of sp³-hybridized carbons (Fsp3) is 0.933. The van der Waals surface area contributed by atoms with Gasteiger partial charge in [0, 0.05) is 19.0 Å². The van der Waals surface area contributed by atoms with Gasteiger partial charge >= 0.3 is 0 Å². The minimum Gasteiger partial charge on any atom is -0.396 e. The fourth-order valence-corrected chi connectivity index (χ4v) is 3.48. The number of likely N-dealkylation sites (tertiary alicyclic amines) is 1. The Morgan fingerprint density at radius 3 is 2.47 bits per heavy atom. The van der Waals surface area contributed by atoms with Gasteiger partial charge in [-0.3, -0.25) is 4.79 Å². The van der Waals surface area contributed by atoms with Crippen molar-refractivity contribution in [3.05, 3.63) is 0 Å². The van der Waals surface area contributed by atoms with Crippen LogP contribution in [0.2, 0.25) is 0 Å². The highest BCUT2D eigenvalue weighted by atomic mass is 16.3. The molecule has 0 aromatic rings. The summed E-state index contributed by atoms with van der Waals surface area (Å²) in [6.45, 7) is 3.22. The Balaban J connectivity index is 1.57. The lowest BCUT2D eigenvalue weighted by Crippen LogP contribution is -2.40. The second-order valence-electron chi connectivity index (χ2n) is 6.03. The summed E-state index contributed by atoms with van der Waals surface area (Å²) in [5.41, 5.74) is 0. The van der Waals surface area contributed by atoms with Gasteiger partial charge in [0.25, 0.3) is 0 Å². The maximum atomic E-state index is 11.2. The quantitative estimate of drug-likeness (QED) is 0.768. The second kappa shape index (κ2) is 7.85. The molecule has 0 unspecified atom stereocenters. The first-order valence-electron chi connectivity index (χ1n) is 7.91. The Labute approximate surface area is 116 Å². The second-order valence-corrected chi connectivity index (χ2v) is 6.03. The third kappa shape index (κ3) is 4.77. The maximum absolute atomic E-state index is 11.2. The molecule has 110 valence electrons. The number of carbonyl (C=O) groups excluding carboxylic acids is 1. The van der Waals surface area contributed by atoms with E-state index in [1.54, 1.807) is 0 Å². The molecule has 19 heavy (non-hydrogen) atoms. The van der Waals surface area contributed by atoms with Crippen molar-refractivity contribution >= 4 is 5.91 Å². The van der Waals surface area contributed by atoms with Gasteiger partial charge in [-0.1, -0.05) is 12.8 Å². The van der Waals surface area contributed by atoms with Crippen LogP contribution in [0.3, 0.4) is 0 Å². The van der Waals surface area contributed by atoms with Gasteiger partial charge in [0.15, 0.2) is 0 Å². The molecule has 1 saturated heterocycles. The standard InChI is InChI=1S/C15H28N2O2/c18-12-8-15(19)16-9-5-13-6-10-17(11-7-13)14-3-1-2-4-14/h13-14,18H,1-12H2,(H,16,19). The van der Waals surface area contributed by atoms with Gasteiger partial charge in [0.2, 0.25) is 5.91 Å². The van der Waals surface area contributed by atoms with Gasteiger partial charge in [0.05, 0.1) is 6.61 Å². The first-order chi connectivity index (χ1) is 9.29. The molecule has 0 aromatic carbocycles. The number of piperidine rings is 1. The number of amides is 1. The molecule has 2 aliphatic rings. The summed E-state index contributed by atoms with van der Waals surface area (Å²) in [5, 5.41) is 11.5. The van der Waals surface area contributed by atoms with Gasteiger partial charge in [0.1, 0.15) is 0 Å². The molecule has 0 aromatic heterocycles. The van der Waals surface area contributed by atoms with Crippen LogP contribution in [0.15, 0.2) is 0 Å². The first kappa shape index (κ1) is 14.8. The molecule has 1 amide bonds. The van der Waals surface area contributed by atoms with Crippen LogP contribution in [0, 0.1) is 5.92 Å². The molecule has 2 rings (SSSR count). The lowest BCUT2D eigenvalue weighted by molar-refractivity contribution is -0.121. The highest BCUT2D eigenvalue weighted by molar-refractivity contribution is 5.75. The number of nitrogens with one attached hydrogen (secondary N) is 1. The number of aliphatic hydroxyl groups is 1. The number of hydrogen-bond acceptors (Lipinski definition) is 3. The number of carbonyl (C=O) groups is 1. The molecule has 1 aliphatic carbocycles. The van der Waals surface area contributed by atoms with E-state index in [4.69, 9.17) is 5.11 Å². The van der Waals surface area contributed by atoms with Crippen LogP contribution < -0.4 is 5.32 Å². The summed E-state index contributed by atoms with van der Waals surface area (Å²) in [6.07, 6.45) is 9.54. The summed E-state index contributed by atoms with van der Waals surface area (Å²) in [6, 6.07) is 0.866. The number of aliphatic hydroxyl groups excluding tert-OH is 1. The van der Waals surface area contributed by atoms with E-state index >= 15 is 0 Å². The third-order valence-electron chi connectivity index (χ3n) is 4.70. The van der Waals surface area contributed by atoms with Crippen molar-refractivity contribution in [2.45, 2.75) is 57.4 Å². The number of nitrogens with zero attached hydrogens (tertiary/aromatic N) is 1. The Bertz CT molecular complexity index is 269. The van der Waals surface area contributed by atoms with Gasteiger partial charge in [-0.05, 0) is 51.1 Å². The molecule has 0 bridgehead atoms. The van der Waals surface area contributed by atoms with Crippen molar-refractivity contribution in [3.8, 4) is 0 Å². The minimum absolute atomic E-state index is 0.0223. The Morgan fingerprint density at radius 1 is 1.16 bits per heavy atom. The Kier molecular flexibility index (Phi) is 6.11. The largest absolute Gasteiger partial charge is 0.396 e. The predicted octanol–water partition coefficient (Wildman–Crippen LogP) is 1.53. The van der Waals surface area contributed by atoms with Crippen LogP contribution in [0.4, 0.5) is 0 Å². The van der Waals surface area contributed by atoms with Gasteiger partial charge in [-0.2, -0.15) is 0 Å². The minimum atomic E-state index is -0.0500. The summed E-state index contributed by atoms with van der Waals surface area (Å²) in [4.78, 5) is 13.9. The average molecular weight is 268 g/mol. The first-order valence-corrected chi connectivity index (χ1v) is 7.91.